The first-order valence-electron chi connectivity index (χ1n) is 11.7. The zero-order chi connectivity index (χ0) is 26.3. The summed E-state index contributed by atoms with van der Waals surface area (Å²) in [6.45, 7) is 6.26. The van der Waals surface area contributed by atoms with Crippen LogP contribution in [-0.4, -0.2) is 16.2 Å². The van der Waals surface area contributed by atoms with Crippen molar-refractivity contribution in [3.63, 3.8) is 0 Å². The van der Waals surface area contributed by atoms with Gasteiger partial charge >= 0.3 is 5.97 Å². The van der Waals surface area contributed by atoms with Crippen molar-refractivity contribution < 1.29 is 23.6 Å². The molecule has 37 heavy (non-hydrogen) atoms. The number of aromatic carboxylic acids is 1. The summed E-state index contributed by atoms with van der Waals surface area (Å²) in [6.07, 6.45) is 1.26. The van der Waals surface area contributed by atoms with Crippen LogP contribution in [0.3, 0.4) is 0 Å². The van der Waals surface area contributed by atoms with E-state index in [1.807, 2.05) is 51.1 Å². The summed E-state index contributed by atoms with van der Waals surface area (Å²) in [5.74, 6) is 0.466. The van der Waals surface area contributed by atoms with E-state index in [2.05, 4.69) is 5.16 Å². The molecule has 0 fully saturated rings. The Labute approximate surface area is 223 Å². The van der Waals surface area contributed by atoms with Gasteiger partial charge in [0.05, 0.1) is 15.6 Å². The molecule has 0 saturated heterocycles. The second-order valence-corrected chi connectivity index (χ2v) is 9.87. The molecule has 0 aliphatic rings. The summed E-state index contributed by atoms with van der Waals surface area (Å²) in [5, 5.41) is 15.1. The van der Waals surface area contributed by atoms with Gasteiger partial charge in [0.2, 0.25) is 0 Å². The third kappa shape index (κ3) is 4.70. The smallest absolute Gasteiger partial charge is 0.339 e. The first-order valence-corrected chi connectivity index (χ1v) is 12.4. The minimum absolute atomic E-state index is 0.0865. The molecule has 3 aromatic carbocycles. The Bertz CT molecular complexity index is 1610. The van der Waals surface area contributed by atoms with Gasteiger partial charge in [0, 0.05) is 16.9 Å². The molecular weight excluding hydrogens is 513 g/mol. The SMILES string of the molecule is Cc1cc(OCc2c(-c3c(Cl)cccc3Cl)noc2C(C)C)ccc1-c1ccc2c(C(=O)O)coc2c1. The van der Waals surface area contributed by atoms with Gasteiger partial charge in [-0.2, -0.15) is 0 Å². The van der Waals surface area contributed by atoms with E-state index in [-0.39, 0.29) is 18.1 Å². The minimum Gasteiger partial charge on any atom is -0.489 e. The summed E-state index contributed by atoms with van der Waals surface area (Å²) in [6, 6.07) is 16.6. The zero-order valence-electron chi connectivity index (χ0n) is 20.3. The lowest BCUT2D eigenvalue weighted by atomic mass is 9.99. The van der Waals surface area contributed by atoms with E-state index >= 15 is 0 Å². The summed E-state index contributed by atoms with van der Waals surface area (Å²) < 4.78 is 17.3. The maximum absolute atomic E-state index is 11.4. The lowest BCUT2D eigenvalue weighted by Gasteiger charge is -2.13. The molecule has 0 atom stereocenters. The Morgan fingerprint density at radius 3 is 2.51 bits per heavy atom. The van der Waals surface area contributed by atoms with Crippen LogP contribution in [0.5, 0.6) is 5.75 Å². The van der Waals surface area contributed by atoms with Gasteiger partial charge in [0.15, 0.2) is 0 Å². The summed E-state index contributed by atoms with van der Waals surface area (Å²) in [7, 11) is 0. The number of fused-ring (bicyclic) bond motifs is 1. The molecule has 0 unspecified atom stereocenters. The number of carbonyl (C=O) groups is 1. The van der Waals surface area contributed by atoms with Gasteiger partial charge in [-0.1, -0.05) is 60.4 Å². The van der Waals surface area contributed by atoms with Gasteiger partial charge in [-0.3, -0.25) is 0 Å². The molecule has 5 rings (SSSR count). The van der Waals surface area contributed by atoms with Crippen LogP contribution >= 0.6 is 23.2 Å². The monoisotopic (exact) mass is 535 g/mol. The molecule has 0 bridgehead atoms. The average molecular weight is 536 g/mol. The van der Waals surface area contributed by atoms with E-state index in [4.69, 9.17) is 36.9 Å². The van der Waals surface area contributed by atoms with Crippen molar-refractivity contribution in [3.05, 3.63) is 93.4 Å². The molecule has 6 nitrogen and oxygen atoms in total. The Hall–Kier alpha value is -3.74. The fraction of sp³-hybridized carbons (Fsp3) is 0.172. The molecule has 2 aromatic heterocycles. The van der Waals surface area contributed by atoms with E-state index < -0.39 is 5.97 Å². The van der Waals surface area contributed by atoms with Crippen molar-refractivity contribution in [2.45, 2.75) is 33.3 Å². The number of carboxylic acid groups (broad SMARTS) is 1. The van der Waals surface area contributed by atoms with Crippen LogP contribution in [0.25, 0.3) is 33.4 Å². The molecule has 2 heterocycles. The highest BCUT2D eigenvalue weighted by molar-refractivity contribution is 6.39. The highest BCUT2D eigenvalue weighted by atomic mass is 35.5. The maximum atomic E-state index is 11.4. The van der Waals surface area contributed by atoms with Crippen LogP contribution in [0.15, 0.2) is 69.8 Å². The van der Waals surface area contributed by atoms with Crippen LogP contribution in [0, 0.1) is 6.92 Å². The maximum Gasteiger partial charge on any atom is 0.339 e. The predicted molar refractivity (Wildman–Crippen MR) is 144 cm³/mol. The van der Waals surface area contributed by atoms with E-state index in [9.17, 15) is 9.90 Å². The summed E-state index contributed by atoms with van der Waals surface area (Å²) in [5.41, 5.74) is 5.54. The number of hydrogen-bond acceptors (Lipinski definition) is 5. The molecule has 0 spiro atoms. The standard InChI is InChI=1S/C29H23Cl2NO5/c1-15(2)28-22(27(32-37-28)26-23(30)5-4-6-24(26)31)14-35-18-8-10-19(16(3)11-18)17-7-9-20-21(29(33)34)13-36-25(20)12-17/h4-13,15H,14H2,1-3H3,(H,33,34). The molecule has 1 N–H and O–H groups in total. The fourth-order valence-electron chi connectivity index (χ4n) is 4.40. The van der Waals surface area contributed by atoms with Crippen LogP contribution in [0.2, 0.25) is 10.0 Å². The number of rotatable bonds is 7. The topological polar surface area (TPSA) is 85.7 Å². The second kappa shape index (κ2) is 9.96. The Balaban J connectivity index is 1.43. The van der Waals surface area contributed by atoms with Crippen molar-refractivity contribution in [1.82, 2.24) is 5.16 Å². The minimum atomic E-state index is -1.02. The Morgan fingerprint density at radius 1 is 1.08 bits per heavy atom. The van der Waals surface area contributed by atoms with Crippen molar-refractivity contribution in [1.29, 1.82) is 0 Å². The van der Waals surface area contributed by atoms with Gasteiger partial charge in [0.25, 0.3) is 0 Å². The first-order chi connectivity index (χ1) is 17.7. The molecule has 0 amide bonds. The molecule has 5 aromatic rings. The molecule has 188 valence electrons. The van der Waals surface area contributed by atoms with Gasteiger partial charge in [0.1, 0.15) is 41.2 Å². The number of aromatic nitrogens is 1. The molecule has 0 radical (unpaired) electrons. The normalized spacial score (nSPS) is 11.4. The zero-order valence-corrected chi connectivity index (χ0v) is 21.9. The number of halogens is 2. The summed E-state index contributed by atoms with van der Waals surface area (Å²) in [4.78, 5) is 11.4. The van der Waals surface area contributed by atoms with Crippen LogP contribution < -0.4 is 4.74 Å². The van der Waals surface area contributed by atoms with E-state index in [1.165, 1.54) is 6.26 Å². The second-order valence-electron chi connectivity index (χ2n) is 9.06. The van der Waals surface area contributed by atoms with E-state index in [0.717, 1.165) is 22.3 Å². The number of ether oxygens (including phenoxy) is 1. The number of carboxylic acids is 1. The number of benzene rings is 3. The highest BCUT2D eigenvalue weighted by Crippen LogP contribution is 2.39. The molecular formula is C29H23Cl2NO5. The molecule has 8 heteroatoms. The van der Waals surface area contributed by atoms with Gasteiger partial charge in [-0.05, 0) is 60.0 Å². The quantitative estimate of drug-likeness (QED) is 0.224. The van der Waals surface area contributed by atoms with Crippen molar-refractivity contribution in [3.8, 4) is 28.1 Å². The van der Waals surface area contributed by atoms with Crippen molar-refractivity contribution in [2.75, 3.05) is 0 Å². The summed E-state index contributed by atoms with van der Waals surface area (Å²) >= 11 is 12.9. The van der Waals surface area contributed by atoms with Crippen LogP contribution in [0.1, 0.15) is 47.0 Å². The highest BCUT2D eigenvalue weighted by Gasteiger charge is 2.24. The lowest BCUT2D eigenvalue weighted by molar-refractivity contribution is 0.0698. The predicted octanol–water partition coefficient (Wildman–Crippen LogP) is 8.77. The van der Waals surface area contributed by atoms with Gasteiger partial charge < -0.3 is 18.8 Å². The largest absolute Gasteiger partial charge is 0.489 e. The number of aryl methyl sites for hydroxylation is 1. The third-order valence-electron chi connectivity index (χ3n) is 6.24. The van der Waals surface area contributed by atoms with Crippen molar-refractivity contribution >= 4 is 40.1 Å². The van der Waals surface area contributed by atoms with Crippen LogP contribution in [-0.2, 0) is 6.61 Å². The first kappa shape index (κ1) is 24.9. The average Bonchev–Trinajstić information content (AvgIpc) is 3.47. The van der Waals surface area contributed by atoms with Crippen molar-refractivity contribution in [2.24, 2.45) is 0 Å². The molecule has 0 aliphatic heterocycles. The Kier molecular flexibility index (Phi) is 6.71. The van der Waals surface area contributed by atoms with E-state index in [1.54, 1.807) is 24.3 Å². The van der Waals surface area contributed by atoms with E-state index in [0.29, 0.717) is 43.8 Å². The number of furan rings is 1. The molecule has 0 aliphatic carbocycles. The number of nitrogens with zero attached hydrogens (tertiary/aromatic N) is 1. The van der Waals surface area contributed by atoms with Gasteiger partial charge in [-0.15, -0.1) is 0 Å². The third-order valence-corrected chi connectivity index (χ3v) is 6.87. The van der Waals surface area contributed by atoms with Gasteiger partial charge in [-0.25, -0.2) is 4.79 Å². The Morgan fingerprint density at radius 2 is 1.84 bits per heavy atom. The molecule has 0 saturated carbocycles. The number of hydrogen-bond donors (Lipinski definition) is 1. The fourth-order valence-corrected chi connectivity index (χ4v) is 4.98. The lowest BCUT2D eigenvalue weighted by Crippen LogP contribution is -2.01. The van der Waals surface area contributed by atoms with Crippen LogP contribution in [0.4, 0.5) is 0 Å².